The van der Waals surface area contributed by atoms with Gasteiger partial charge in [-0.1, -0.05) is 41.9 Å². The highest BCUT2D eigenvalue weighted by Crippen LogP contribution is 2.17. The van der Waals surface area contributed by atoms with Crippen molar-refractivity contribution in [1.29, 1.82) is 0 Å². The van der Waals surface area contributed by atoms with Gasteiger partial charge in [0.15, 0.2) is 5.82 Å². The minimum atomic E-state index is -0.520. The van der Waals surface area contributed by atoms with Crippen molar-refractivity contribution in [1.82, 2.24) is 25.5 Å². The molecule has 0 saturated heterocycles. The molecule has 0 aliphatic carbocycles. The molecule has 3 aromatic rings. The second kappa shape index (κ2) is 8.92. The van der Waals surface area contributed by atoms with E-state index in [0.717, 1.165) is 5.56 Å². The summed E-state index contributed by atoms with van der Waals surface area (Å²) in [7, 11) is 1.27. The monoisotopic (exact) mass is 397 g/mol. The number of halogens is 1. The van der Waals surface area contributed by atoms with Gasteiger partial charge < -0.3 is 10.1 Å². The number of nitrogens with zero attached hydrogens (tertiary/aromatic N) is 4. The van der Waals surface area contributed by atoms with Crippen LogP contribution in [0.15, 0.2) is 54.6 Å². The fourth-order valence-corrected chi connectivity index (χ4v) is 2.48. The summed E-state index contributed by atoms with van der Waals surface area (Å²) in [5.41, 5.74) is 1.56. The van der Waals surface area contributed by atoms with Gasteiger partial charge >= 0.3 is 5.97 Å². The van der Waals surface area contributed by atoms with Gasteiger partial charge in [0.25, 0.3) is 5.91 Å². The van der Waals surface area contributed by atoms with Crippen LogP contribution in [0.25, 0.3) is 11.8 Å². The van der Waals surface area contributed by atoms with Crippen LogP contribution in [0, 0.1) is 0 Å². The van der Waals surface area contributed by atoms with Gasteiger partial charge in [0.2, 0.25) is 0 Å². The van der Waals surface area contributed by atoms with Crippen molar-refractivity contribution in [3.8, 4) is 0 Å². The lowest BCUT2D eigenvalue weighted by molar-refractivity contribution is -0.141. The number of tetrazole rings is 1. The Labute approximate surface area is 165 Å². The van der Waals surface area contributed by atoms with Gasteiger partial charge in [0, 0.05) is 10.6 Å². The third-order valence-corrected chi connectivity index (χ3v) is 4.00. The molecule has 0 fully saturated rings. The zero-order valence-electron chi connectivity index (χ0n) is 14.9. The highest BCUT2D eigenvalue weighted by atomic mass is 35.5. The maximum absolute atomic E-state index is 12.6. The topological polar surface area (TPSA) is 99.0 Å². The molecular weight excluding hydrogens is 382 g/mol. The summed E-state index contributed by atoms with van der Waals surface area (Å²) < 4.78 is 5.91. The molecule has 142 valence electrons. The van der Waals surface area contributed by atoms with Crippen molar-refractivity contribution in [2.75, 3.05) is 7.11 Å². The van der Waals surface area contributed by atoms with E-state index in [4.69, 9.17) is 11.6 Å². The molecule has 0 aliphatic rings. The van der Waals surface area contributed by atoms with Crippen molar-refractivity contribution >= 4 is 35.3 Å². The van der Waals surface area contributed by atoms with Crippen LogP contribution in [0.4, 0.5) is 0 Å². The molecule has 0 aliphatic heterocycles. The molecule has 1 aromatic heterocycles. The number of ether oxygens (including phenoxy) is 1. The van der Waals surface area contributed by atoms with Crippen LogP contribution in [-0.2, 0) is 16.1 Å². The van der Waals surface area contributed by atoms with Gasteiger partial charge in [0.05, 0.1) is 12.8 Å². The summed E-state index contributed by atoms with van der Waals surface area (Å²) >= 11 is 5.93. The molecule has 0 radical (unpaired) electrons. The van der Waals surface area contributed by atoms with E-state index >= 15 is 0 Å². The summed E-state index contributed by atoms with van der Waals surface area (Å²) in [5.74, 6) is -0.646. The number of methoxy groups -OCH3 is 1. The lowest BCUT2D eigenvalue weighted by atomic mass is 10.1. The van der Waals surface area contributed by atoms with E-state index in [0.29, 0.717) is 16.3 Å². The first kappa shape index (κ1) is 19.2. The molecule has 0 bridgehead atoms. The Morgan fingerprint density at radius 3 is 2.54 bits per heavy atom. The average Bonchev–Trinajstić information content (AvgIpc) is 3.17. The van der Waals surface area contributed by atoms with E-state index in [2.05, 4.69) is 25.6 Å². The number of carbonyl (C=O) groups is 2. The number of hydrogen-bond donors (Lipinski definition) is 1. The third kappa shape index (κ3) is 4.80. The summed E-state index contributed by atoms with van der Waals surface area (Å²) in [6.45, 7) is -0.196. The first-order valence-electron chi connectivity index (χ1n) is 8.24. The molecule has 0 spiro atoms. The van der Waals surface area contributed by atoms with Crippen LogP contribution >= 0.6 is 11.6 Å². The van der Waals surface area contributed by atoms with Crippen LogP contribution < -0.4 is 5.32 Å². The molecule has 1 heterocycles. The molecular formula is C19H16ClN5O3. The van der Waals surface area contributed by atoms with E-state index in [1.54, 1.807) is 54.6 Å². The van der Waals surface area contributed by atoms with Crippen molar-refractivity contribution in [2.45, 2.75) is 6.54 Å². The Hall–Kier alpha value is -3.52. The summed E-state index contributed by atoms with van der Waals surface area (Å²) in [5, 5.41) is 14.7. The molecule has 0 saturated carbocycles. The number of nitrogens with one attached hydrogen (secondary N) is 1. The normalized spacial score (nSPS) is 11.1. The Morgan fingerprint density at radius 2 is 1.86 bits per heavy atom. The van der Waals surface area contributed by atoms with Crippen LogP contribution in [0.2, 0.25) is 5.02 Å². The Morgan fingerprint density at radius 1 is 1.14 bits per heavy atom. The highest BCUT2D eigenvalue weighted by molar-refractivity contribution is 6.30. The number of esters is 1. The van der Waals surface area contributed by atoms with Crippen LogP contribution in [-0.4, -0.2) is 39.2 Å². The van der Waals surface area contributed by atoms with E-state index in [1.807, 2.05) is 6.07 Å². The number of hydrogen-bond acceptors (Lipinski definition) is 6. The van der Waals surface area contributed by atoms with Gasteiger partial charge in [-0.15, -0.1) is 5.10 Å². The zero-order chi connectivity index (χ0) is 19.9. The fourth-order valence-electron chi connectivity index (χ4n) is 2.36. The van der Waals surface area contributed by atoms with E-state index in [1.165, 1.54) is 11.8 Å². The molecule has 0 atom stereocenters. The molecule has 2 aromatic carbocycles. The predicted octanol–water partition coefficient (Wildman–Crippen LogP) is 2.43. The molecule has 3 rings (SSSR count). The van der Waals surface area contributed by atoms with Crippen molar-refractivity contribution < 1.29 is 14.3 Å². The maximum atomic E-state index is 12.6. The lowest BCUT2D eigenvalue weighted by Crippen LogP contribution is -2.25. The standard InChI is InChI=1S/C19H16ClN5O3/c1-28-17(26)12-25-18(22-23-24-25)16(11-13-7-9-15(20)10-8-13)21-19(27)14-5-3-2-4-6-14/h2-11H,12H2,1H3,(H,21,27)/b16-11-. The Kier molecular flexibility index (Phi) is 6.13. The van der Waals surface area contributed by atoms with E-state index in [9.17, 15) is 9.59 Å². The van der Waals surface area contributed by atoms with E-state index < -0.39 is 5.97 Å². The van der Waals surface area contributed by atoms with E-state index in [-0.39, 0.29) is 18.3 Å². The molecule has 28 heavy (non-hydrogen) atoms. The predicted molar refractivity (Wildman–Crippen MR) is 103 cm³/mol. The van der Waals surface area contributed by atoms with Gasteiger partial charge in [-0.25, -0.2) is 4.68 Å². The first-order valence-corrected chi connectivity index (χ1v) is 8.61. The zero-order valence-corrected chi connectivity index (χ0v) is 15.6. The molecule has 1 amide bonds. The number of aromatic nitrogens is 4. The van der Waals surface area contributed by atoms with Gasteiger partial charge in [0.1, 0.15) is 6.54 Å². The largest absolute Gasteiger partial charge is 0.468 e. The quantitative estimate of drug-likeness (QED) is 0.641. The second-order valence-corrected chi connectivity index (χ2v) is 6.10. The maximum Gasteiger partial charge on any atom is 0.327 e. The number of benzene rings is 2. The van der Waals surface area contributed by atoms with Gasteiger partial charge in [-0.3, -0.25) is 9.59 Å². The number of carbonyl (C=O) groups excluding carboxylic acids is 2. The van der Waals surface area contributed by atoms with Crippen molar-refractivity contribution in [3.63, 3.8) is 0 Å². The van der Waals surface area contributed by atoms with Crippen molar-refractivity contribution in [3.05, 3.63) is 76.6 Å². The third-order valence-electron chi connectivity index (χ3n) is 3.74. The number of rotatable bonds is 6. The van der Waals surface area contributed by atoms with Crippen molar-refractivity contribution in [2.24, 2.45) is 0 Å². The smallest absolute Gasteiger partial charge is 0.327 e. The molecule has 9 heteroatoms. The first-order chi connectivity index (χ1) is 13.6. The molecule has 8 nitrogen and oxygen atoms in total. The van der Waals surface area contributed by atoms with Gasteiger partial charge in [-0.05, 0) is 46.3 Å². The average molecular weight is 398 g/mol. The lowest BCUT2D eigenvalue weighted by Gasteiger charge is -2.10. The summed E-state index contributed by atoms with van der Waals surface area (Å²) in [4.78, 5) is 24.3. The second-order valence-electron chi connectivity index (χ2n) is 5.67. The molecule has 1 N–H and O–H groups in total. The Balaban J connectivity index is 1.98. The summed E-state index contributed by atoms with van der Waals surface area (Å²) in [6, 6.07) is 15.7. The fraction of sp³-hybridized carbons (Fsp3) is 0.105. The summed E-state index contributed by atoms with van der Waals surface area (Å²) in [6.07, 6.45) is 1.69. The molecule has 0 unspecified atom stereocenters. The highest BCUT2D eigenvalue weighted by Gasteiger charge is 2.18. The SMILES string of the molecule is COC(=O)Cn1nnnc1/C(=C/c1ccc(Cl)cc1)NC(=O)c1ccccc1. The minimum absolute atomic E-state index is 0.196. The van der Waals surface area contributed by atoms with Gasteiger partial charge in [-0.2, -0.15) is 0 Å². The minimum Gasteiger partial charge on any atom is -0.468 e. The van der Waals surface area contributed by atoms with Crippen LogP contribution in [0.1, 0.15) is 21.7 Å². The number of amides is 1. The Bertz CT molecular complexity index is 1000. The van der Waals surface area contributed by atoms with Crippen LogP contribution in [0.3, 0.4) is 0 Å². The van der Waals surface area contributed by atoms with Crippen LogP contribution in [0.5, 0.6) is 0 Å².